The van der Waals surface area contributed by atoms with Crippen molar-refractivity contribution in [2.45, 2.75) is 60.3 Å². The largest absolute Gasteiger partial charge is 0.298 e. The second-order valence-corrected chi connectivity index (χ2v) is 7.05. The Morgan fingerprint density at radius 2 is 1.94 bits per heavy atom. The number of hydrogen-bond donors (Lipinski definition) is 0. The molecule has 0 bridgehead atoms. The minimum absolute atomic E-state index is 0.228. The lowest BCUT2D eigenvalue weighted by Gasteiger charge is -2.29. The Morgan fingerprint density at radius 1 is 1.28 bits per heavy atom. The molecule has 1 aliphatic heterocycles. The van der Waals surface area contributed by atoms with E-state index < -0.39 is 0 Å². The van der Waals surface area contributed by atoms with E-state index in [1.807, 2.05) is 0 Å². The minimum Gasteiger partial charge on any atom is -0.298 e. The van der Waals surface area contributed by atoms with Gasteiger partial charge in [0.15, 0.2) is 0 Å². The smallest absolute Gasteiger partial charge is 0.149 e. The van der Waals surface area contributed by atoms with Crippen LogP contribution in [0.1, 0.15) is 60.3 Å². The Labute approximate surface area is 113 Å². The lowest BCUT2D eigenvalue weighted by atomic mass is 9.77. The van der Waals surface area contributed by atoms with Gasteiger partial charge in [-0.05, 0) is 50.1 Å². The van der Waals surface area contributed by atoms with E-state index in [0.717, 1.165) is 25.4 Å². The van der Waals surface area contributed by atoms with Crippen molar-refractivity contribution in [2.24, 2.45) is 17.3 Å². The van der Waals surface area contributed by atoms with Gasteiger partial charge in [-0.15, -0.1) is 0 Å². The molecule has 2 heteroatoms. The summed E-state index contributed by atoms with van der Waals surface area (Å²) in [4.78, 5) is 14.4. The molecule has 106 valence electrons. The molecular formula is C16H31NO. The average Bonchev–Trinajstić information content (AvgIpc) is 2.52. The first-order valence-electron chi connectivity index (χ1n) is 7.59. The van der Waals surface area contributed by atoms with Gasteiger partial charge < -0.3 is 0 Å². The normalized spacial score (nSPS) is 24.6. The SMILES string of the molecule is CCC(C)C(=O)CN1CCCC(C(C)(C)C)CC1. The number of nitrogens with zero attached hydrogens (tertiary/aromatic N) is 1. The highest BCUT2D eigenvalue weighted by Crippen LogP contribution is 2.34. The number of likely N-dealkylation sites (tertiary alicyclic amines) is 1. The molecule has 0 aromatic heterocycles. The van der Waals surface area contributed by atoms with Crippen LogP contribution in [-0.4, -0.2) is 30.3 Å². The predicted molar refractivity (Wildman–Crippen MR) is 77.7 cm³/mol. The molecule has 0 amide bonds. The number of carbonyl (C=O) groups excluding carboxylic acids is 1. The Kier molecular flexibility index (Phi) is 5.84. The van der Waals surface area contributed by atoms with E-state index in [1.165, 1.54) is 19.3 Å². The van der Waals surface area contributed by atoms with Crippen LogP contribution in [0.2, 0.25) is 0 Å². The van der Waals surface area contributed by atoms with E-state index in [9.17, 15) is 4.79 Å². The maximum absolute atomic E-state index is 12.0. The van der Waals surface area contributed by atoms with Crippen molar-refractivity contribution in [3.63, 3.8) is 0 Å². The molecule has 0 aromatic rings. The summed E-state index contributed by atoms with van der Waals surface area (Å²) in [5.41, 5.74) is 0.413. The molecule has 18 heavy (non-hydrogen) atoms. The highest BCUT2D eigenvalue weighted by Gasteiger charge is 2.27. The molecule has 2 nitrogen and oxygen atoms in total. The molecule has 0 saturated carbocycles. The third-order valence-electron chi connectivity index (χ3n) is 4.59. The van der Waals surface area contributed by atoms with E-state index in [2.05, 4.69) is 39.5 Å². The van der Waals surface area contributed by atoms with Crippen molar-refractivity contribution < 1.29 is 4.79 Å². The first-order valence-corrected chi connectivity index (χ1v) is 7.59. The number of ketones is 1. The van der Waals surface area contributed by atoms with Crippen LogP contribution in [0.4, 0.5) is 0 Å². The Hall–Kier alpha value is -0.370. The van der Waals surface area contributed by atoms with Crippen LogP contribution in [0, 0.1) is 17.3 Å². The third kappa shape index (κ3) is 4.72. The van der Waals surface area contributed by atoms with Gasteiger partial charge in [-0.2, -0.15) is 0 Å². The summed E-state index contributed by atoms with van der Waals surface area (Å²) in [6.45, 7) is 14.1. The Morgan fingerprint density at radius 3 is 2.50 bits per heavy atom. The maximum Gasteiger partial charge on any atom is 0.149 e. The third-order valence-corrected chi connectivity index (χ3v) is 4.59. The van der Waals surface area contributed by atoms with Crippen LogP contribution in [0.5, 0.6) is 0 Å². The zero-order valence-electron chi connectivity index (χ0n) is 13.0. The van der Waals surface area contributed by atoms with Crippen LogP contribution in [0.15, 0.2) is 0 Å². The molecule has 0 spiro atoms. The molecule has 1 rings (SSSR count). The van der Waals surface area contributed by atoms with Crippen LogP contribution in [-0.2, 0) is 4.79 Å². The summed E-state index contributed by atoms with van der Waals surface area (Å²) in [7, 11) is 0. The molecule has 2 unspecified atom stereocenters. The van der Waals surface area contributed by atoms with Gasteiger partial charge in [-0.3, -0.25) is 9.69 Å². The summed E-state index contributed by atoms with van der Waals surface area (Å²) >= 11 is 0. The standard InChI is InChI=1S/C16H31NO/c1-6-13(2)15(18)12-17-10-7-8-14(9-11-17)16(3,4)5/h13-14H,6-12H2,1-5H3. The van der Waals surface area contributed by atoms with Crippen molar-refractivity contribution >= 4 is 5.78 Å². The molecule has 1 aliphatic rings. The van der Waals surface area contributed by atoms with Crippen LogP contribution >= 0.6 is 0 Å². The van der Waals surface area contributed by atoms with Crippen molar-refractivity contribution in [1.82, 2.24) is 4.90 Å². The second-order valence-electron chi connectivity index (χ2n) is 7.05. The summed E-state index contributed by atoms with van der Waals surface area (Å²) in [6, 6.07) is 0. The summed E-state index contributed by atoms with van der Waals surface area (Å²) in [5.74, 6) is 1.46. The molecule has 0 aliphatic carbocycles. The predicted octanol–water partition coefficient (Wildman–Crippen LogP) is 3.75. The first-order chi connectivity index (χ1) is 8.34. The zero-order valence-corrected chi connectivity index (χ0v) is 13.0. The van der Waals surface area contributed by atoms with Gasteiger partial charge in [0.1, 0.15) is 5.78 Å². The number of carbonyl (C=O) groups is 1. The van der Waals surface area contributed by atoms with E-state index in [0.29, 0.717) is 17.7 Å². The van der Waals surface area contributed by atoms with Gasteiger partial charge in [0, 0.05) is 5.92 Å². The molecule has 1 fully saturated rings. The molecular weight excluding hydrogens is 222 g/mol. The molecule has 0 N–H and O–H groups in total. The van der Waals surface area contributed by atoms with Gasteiger partial charge in [0.25, 0.3) is 0 Å². The fourth-order valence-corrected chi connectivity index (χ4v) is 2.78. The van der Waals surface area contributed by atoms with E-state index in [-0.39, 0.29) is 5.92 Å². The van der Waals surface area contributed by atoms with Crippen molar-refractivity contribution in [1.29, 1.82) is 0 Å². The molecule has 1 heterocycles. The highest BCUT2D eigenvalue weighted by molar-refractivity contribution is 5.82. The van der Waals surface area contributed by atoms with E-state index in [1.54, 1.807) is 0 Å². The topological polar surface area (TPSA) is 20.3 Å². The van der Waals surface area contributed by atoms with Crippen LogP contribution < -0.4 is 0 Å². The lowest BCUT2D eigenvalue weighted by Crippen LogP contribution is -2.33. The first kappa shape index (κ1) is 15.7. The Balaban J connectivity index is 2.45. The molecule has 0 aromatic carbocycles. The van der Waals surface area contributed by atoms with Crippen molar-refractivity contribution in [2.75, 3.05) is 19.6 Å². The monoisotopic (exact) mass is 253 g/mol. The minimum atomic E-state index is 0.228. The van der Waals surface area contributed by atoms with Crippen molar-refractivity contribution in [3.05, 3.63) is 0 Å². The van der Waals surface area contributed by atoms with Gasteiger partial charge in [0.05, 0.1) is 6.54 Å². The van der Waals surface area contributed by atoms with Crippen LogP contribution in [0.25, 0.3) is 0 Å². The summed E-state index contributed by atoms with van der Waals surface area (Å²) < 4.78 is 0. The number of Topliss-reactive ketones (excluding diaryl/α,β-unsaturated/α-hetero) is 1. The van der Waals surface area contributed by atoms with Gasteiger partial charge in [-0.25, -0.2) is 0 Å². The second kappa shape index (κ2) is 6.70. The molecule has 2 atom stereocenters. The van der Waals surface area contributed by atoms with Gasteiger partial charge in [-0.1, -0.05) is 34.6 Å². The van der Waals surface area contributed by atoms with Crippen LogP contribution in [0.3, 0.4) is 0 Å². The summed E-state index contributed by atoms with van der Waals surface area (Å²) in [5, 5.41) is 0. The average molecular weight is 253 g/mol. The number of rotatable bonds is 4. The lowest BCUT2D eigenvalue weighted by molar-refractivity contribution is -0.123. The van der Waals surface area contributed by atoms with Gasteiger partial charge >= 0.3 is 0 Å². The summed E-state index contributed by atoms with van der Waals surface area (Å²) in [6.07, 6.45) is 4.78. The zero-order chi connectivity index (χ0) is 13.8. The molecule has 1 saturated heterocycles. The van der Waals surface area contributed by atoms with E-state index >= 15 is 0 Å². The Bertz CT molecular complexity index is 267. The maximum atomic E-state index is 12.0. The quantitative estimate of drug-likeness (QED) is 0.760. The fraction of sp³-hybridized carbons (Fsp3) is 0.938. The fourth-order valence-electron chi connectivity index (χ4n) is 2.78. The number of hydrogen-bond acceptors (Lipinski definition) is 2. The molecule has 0 radical (unpaired) electrons. The van der Waals surface area contributed by atoms with E-state index in [4.69, 9.17) is 0 Å². The van der Waals surface area contributed by atoms with Gasteiger partial charge in [0.2, 0.25) is 0 Å². The van der Waals surface area contributed by atoms with Crippen molar-refractivity contribution in [3.8, 4) is 0 Å². The highest BCUT2D eigenvalue weighted by atomic mass is 16.1.